The van der Waals surface area contributed by atoms with Crippen molar-refractivity contribution in [3.05, 3.63) is 83.1 Å². The van der Waals surface area contributed by atoms with Crippen LogP contribution in [0.3, 0.4) is 0 Å². The Balaban J connectivity index is 1.33. The summed E-state index contributed by atoms with van der Waals surface area (Å²) in [4.78, 5) is 50.6. The topological polar surface area (TPSA) is 108 Å². The van der Waals surface area contributed by atoms with Gasteiger partial charge < -0.3 is 24.8 Å². The van der Waals surface area contributed by atoms with Crippen molar-refractivity contribution in [2.24, 2.45) is 0 Å². The number of benzene rings is 2. The number of rotatable bonds is 7. The van der Waals surface area contributed by atoms with E-state index in [1.165, 1.54) is 4.90 Å². The van der Waals surface area contributed by atoms with Gasteiger partial charge in [-0.3, -0.25) is 9.59 Å². The lowest BCUT2D eigenvalue weighted by atomic mass is 10.0. The second-order valence-corrected chi connectivity index (χ2v) is 12.0. The normalized spacial score (nSPS) is 14.6. The monoisotopic (exact) mass is 601 g/mol. The SMILES string of the molecule is CCc1c[nH]c2ncc(-c3cccc(N4CCN(C(=O)[C@H](Cc5ccccc5)NC(=O)OC(C)(C)C)CC4=O)c3)c(Cl)c12. The molecule has 1 aliphatic rings. The number of alkyl carbamates (subject to hydrolysis) is 1. The molecule has 0 spiro atoms. The van der Waals surface area contributed by atoms with Crippen molar-refractivity contribution >= 4 is 46.2 Å². The molecule has 224 valence electrons. The van der Waals surface area contributed by atoms with Gasteiger partial charge in [-0.25, -0.2) is 9.78 Å². The molecule has 0 unspecified atom stereocenters. The highest BCUT2D eigenvalue weighted by molar-refractivity contribution is 6.38. The molecule has 2 N–H and O–H groups in total. The highest BCUT2D eigenvalue weighted by Crippen LogP contribution is 2.36. The number of H-pyrrole nitrogens is 1. The van der Waals surface area contributed by atoms with Crippen molar-refractivity contribution in [1.29, 1.82) is 0 Å². The minimum atomic E-state index is -0.883. The number of aryl methyl sites for hydroxylation is 1. The zero-order valence-corrected chi connectivity index (χ0v) is 25.6. The molecule has 0 bridgehead atoms. The van der Waals surface area contributed by atoms with Gasteiger partial charge in [0.25, 0.3) is 0 Å². The van der Waals surface area contributed by atoms with E-state index in [0.717, 1.165) is 39.7 Å². The number of fused-ring (bicyclic) bond motifs is 1. The molecule has 3 amide bonds. The standard InChI is InChI=1S/C33H36ClN5O4/c1-5-22-18-35-30-28(22)29(34)25(19-36-30)23-12-9-13-24(17-23)39-15-14-38(20-27(39)40)31(41)26(16-21-10-7-6-8-11-21)37-32(42)43-33(2,3)4/h6-13,17-19,26H,5,14-16,20H2,1-4H3,(H,35,36)(H,37,42)/t26-/m0/s1. The molecule has 9 nitrogen and oxygen atoms in total. The predicted molar refractivity (Wildman–Crippen MR) is 168 cm³/mol. The maximum atomic E-state index is 13.7. The Hall–Kier alpha value is -4.37. The summed E-state index contributed by atoms with van der Waals surface area (Å²) in [5, 5.41) is 4.25. The highest BCUT2D eigenvalue weighted by Gasteiger charge is 2.33. The highest BCUT2D eigenvalue weighted by atomic mass is 35.5. The van der Waals surface area contributed by atoms with Gasteiger partial charge in [-0.05, 0) is 56.0 Å². The third-order valence-electron chi connectivity index (χ3n) is 7.37. The number of amides is 3. The van der Waals surface area contributed by atoms with E-state index in [-0.39, 0.29) is 24.8 Å². The largest absolute Gasteiger partial charge is 0.444 e. The van der Waals surface area contributed by atoms with Crippen LogP contribution < -0.4 is 10.2 Å². The van der Waals surface area contributed by atoms with Crippen LogP contribution in [0.25, 0.3) is 22.2 Å². The second kappa shape index (κ2) is 12.5. The van der Waals surface area contributed by atoms with Crippen LogP contribution in [-0.2, 0) is 27.2 Å². The number of aromatic nitrogens is 2. The summed E-state index contributed by atoms with van der Waals surface area (Å²) < 4.78 is 5.42. The van der Waals surface area contributed by atoms with Crippen molar-refractivity contribution in [2.45, 2.75) is 52.2 Å². The molecule has 43 heavy (non-hydrogen) atoms. The maximum absolute atomic E-state index is 13.7. The average molecular weight is 602 g/mol. The van der Waals surface area contributed by atoms with E-state index in [9.17, 15) is 14.4 Å². The first kappa shape index (κ1) is 30.1. The number of anilines is 1. The summed E-state index contributed by atoms with van der Waals surface area (Å²) in [5.74, 6) is -0.549. The number of pyridine rings is 1. The Kier molecular flexibility index (Phi) is 8.73. The lowest BCUT2D eigenvalue weighted by Crippen LogP contribution is -2.58. The van der Waals surface area contributed by atoms with Crippen LogP contribution in [0.1, 0.15) is 38.8 Å². The first-order chi connectivity index (χ1) is 20.5. The summed E-state index contributed by atoms with van der Waals surface area (Å²) in [6.07, 6.45) is 4.08. The maximum Gasteiger partial charge on any atom is 0.408 e. The quantitative estimate of drug-likeness (QED) is 0.280. The van der Waals surface area contributed by atoms with Crippen molar-refractivity contribution < 1.29 is 19.1 Å². The van der Waals surface area contributed by atoms with Crippen LogP contribution in [0.5, 0.6) is 0 Å². The summed E-state index contributed by atoms with van der Waals surface area (Å²) in [6, 6.07) is 16.2. The van der Waals surface area contributed by atoms with Crippen LogP contribution in [0.2, 0.25) is 5.02 Å². The van der Waals surface area contributed by atoms with E-state index >= 15 is 0 Å². The van der Waals surface area contributed by atoms with Crippen LogP contribution in [-0.4, -0.2) is 64.1 Å². The number of hydrogen-bond acceptors (Lipinski definition) is 5. The van der Waals surface area contributed by atoms with Gasteiger partial charge in [-0.1, -0.05) is 61.0 Å². The number of hydrogen-bond donors (Lipinski definition) is 2. The van der Waals surface area contributed by atoms with Gasteiger partial charge >= 0.3 is 6.09 Å². The van der Waals surface area contributed by atoms with E-state index in [2.05, 4.69) is 22.2 Å². The first-order valence-corrected chi connectivity index (χ1v) is 14.8. The van der Waals surface area contributed by atoms with Crippen LogP contribution in [0.4, 0.5) is 10.5 Å². The summed E-state index contributed by atoms with van der Waals surface area (Å²) >= 11 is 6.86. The fraction of sp³-hybridized carbons (Fsp3) is 0.333. The Morgan fingerprint density at radius 3 is 2.58 bits per heavy atom. The van der Waals surface area contributed by atoms with E-state index in [0.29, 0.717) is 23.8 Å². The molecule has 10 heteroatoms. The fourth-order valence-corrected chi connectivity index (χ4v) is 5.66. The van der Waals surface area contributed by atoms with Gasteiger partial charge in [0.2, 0.25) is 11.8 Å². The predicted octanol–water partition coefficient (Wildman–Crippen LogP) is 5.76. The van der Waals surface area contributed by atoms with E-state index < -0.39 is 17.7 Å². The minimum Gasteiger partial charge on any atom is -0.444 e. The number of nitrogens with zero attached hydrogens (tertiary/aromatic N) is 3. The number of ether oxygens (including phenoxy) is 1. The molecule has 3 heterocycles. The smallest absolute Gasteiger partial charge is 0.408 e. The molecule has 1 aliphatic heterocycles. The van der Waals surface area contributed by atoms with Gasteiger partial charge in [-0.2, -0.15) is 0 Å². The number of carbonyl (C=O) groups excluding carboxylic acids is 3. The summed E-state index contributed by atoms with van der Waals surface area (Å²) in [7, 11) is 0. The van der Waals surface area contributed by atoms with Gasteiger partial charge in [0.1, 0.15) is 23.8 Å². The molecule has 4 aromatic rings. The molecule has 2 aromatic heterocycles. The number of halogens is 1. The van der Waals surface area contributed by atoms with E-state index in [1.54, 1.807) is 31.9 Å². The Morgan fingerprint density at radius 1 is 1.12 bits per heavy atom. The first-order valence-electron chi connectivity index (χ1n) is 14.4. The van der Waals surface area contributed by atoms with Gasteiger partial charge in [0.05, 0.1) is 5.02 Å². The van der Waals surface area contributed by atoms with Crippen molar-refractivity contribution in [3.63, 3.8) is 0 Å². The zero-order valence-electron chi connectivity index (χ0n) is 24.8. The molecule has 0 radical (unpaired) electrons. The Labute approximate surface area is 256 Å². The lowest BCUT2D eigenvalue weighted by molar-refractivity contribution is -0.138. The average Bonchev–Trinajstić information content (AvgIpc) is 3.40. The molecular formula is C33H36ClN5O4. The van der Waals surface area contributed by atoms with Crippen molar-refractivity contribution in [1.82, 2.24) is 20.2 Å². The van der Waals surface area contributed by atoms with Gasteiger partial charge in [0, 0.05) is 48.5 Å². The van der Waals surface area contributed by atoms with Gasteiger partial charge in [0.15, 0.2) is 0 Å². The minimum absolute atomic E-state index is 0.109. The van der Waals surface area contributed by atoms with Crippen molar-refractivity contribution in [3.8, 4) is 11.1 Å². The Morgan fingerprint density at radius 2 is 1.88 bits per heavy atom. The van der Waals surface area contributed by atoms with Crippen LogP contribution in [0.15, 0.2) is 67.0 Å². The van der Waals surface area contributed by atoms with E-state index in [1.807, 2.05) is 60.8 Å². The molecule has 0 saturated carbocycles. The number of piperazine rings is 1. The van der Waals surface area contributed by atoms with Gasteiger partial charge in [-0.15, -0.1) is 0 Å². The second-order valence-electron chi connectivity index (χ2n) is 11.6. The summed E-state index contributed by atoms with van der Waals surface area (Å²) in [6.45, 7) is 7.87. The van der Waals surface area contributed by atoms with E-state index in [4.69, 9.17) is 16.3 Å². The number of carbonyl (C=O) groups is 3. The molecule has 0 aliphatic carbocycles. The Bertz CT molecular complexity index is 1650. The van der Waals surface area contributed by atoms with Crippen LogP contribution >= 0.6 is 11.6 Å². The third kappa shape index (κ3) is 6.83. The van der Waals surface area contributed by atoms with Crippen molar-refractivity contribution in [2.75, 3.05) is 24.5 Å². The molecular weight excluding hydrogens is 566 g/mol. The molecule has 1 saturated heterocycles. The third-order valence-corrected chi connectivity index (χ3v) is 7.77. The molecule has 1 fully saturated rings. The van der Waals surface area contributed by atoms with Crippen LogP contribution in [0, 0.1) is 0 Å². The zero-order chi connectivity index (χ0) is 30.7. The molecule has 2 aromatic carbocycles. The lowest BCUT2D eigenvalue weighted by Gasteiger charge is -2.36. The fourth-order valence-electron chi connectivity index (χ4n) is 5.29. The molecule has 1 atom stereocenters. The number of aromatic amines is 1. The summed E-state index contributed by atoms with van der Waals surface area (Å²) in [5.41, 5.74) is 4.34. The molecule has 5 rings (SSSR count). The number of nitrogens with one attached hydrogen (secondary N) is 2.